The molecule has 0 saturated carbocycles. The number of morpholine rings is 1. The summed E-state index contributed by atoms with van der Waals surface area (Å²) < 4.78 is 5.60. The van der Waals surface area contributed by atoms with Crippen LogP contribution in [0.15, 0.2) is 18.2 Å². The monoisotopic (exact) mass is 279 g/mol. The van der Waals surface area contributed by atoms with E-state index in [-0.39, 0.29) is 16.7 Å². The van der Waals surface area contributed by atoms with E-state index < -0.39 is 0 Å². The smallest absolute Gasteiger partial charge is 0.292 e. The molecule has 0 aliphatic carbocycles. The Kier molecular flexibility index (Phi) is 4.57. The molecule has 1 saturated heterocycles. The molecule has 1 aromatic carbocycles. The zero-order chi connectivity index (χ0) is 14.7. The second-order valence-electron chi connectivity index (χ2n) is 5.28. The molecular weight excluding hydrogens is 258 g/mol. The van der Waals surface area contributed by atoms with Gasteiger partial charge in [-0.3, -0.25) is 15.0 Å². The highest BCUT2D eigenvalue weighted by atomic mass is 16.6. The summed E-state index contributed by atoms with van der Waals surface area (Å²) in [5.74, 6) is 0. The van der Waals surface area contributed by atoms with Gasteiger partial charge in [0.25, 0.3) is 5.69 Å². The Bertz CT molecular complexity index is 493. The molecule has 2 atom stereocenters. The van der Waals surface area contributed by atoms with Gasteiger partial charge < -0.3 is 10.1 Å². The van der Waals surface area contributed by atoms with E-state index in [0.717, 1.165) is 12.1 Å². The lowest BCUT2D eigenvalue weighted by atomic mass is 10.1. The highest BCUT2D eigenvalue weighted by Gasteiger charge is 2.24. The van der Waals surface area contributed by atoms with Gasteiger partial charge in [0.2, 0.25) is 0 Å². The standard InChI is InChI=1S/C14H21N3O3/c1-10-9-20-11(2)7-16(10)8-12-4-5-13(15-3)14(6-12)17(18)19/h4-6,10-11,15H,7-9H2,1-3H3. The minimum atomic E-state index is -0.347. The Morgan fingerprint density at radius 1 is 1.50 bits per heavy atom. The molecule has 0 spiro atoms. The Morgan fingerprint density at radius 2 is 2.25 bits per heavy atom. The topological polar surface area (TPSA) is 67.6 Å². The van der Waals surface area contributed by atoms with Crippen LogP contribution in [-0.2, 0) is 11.3 Å². The average Bonchev–Trinajstić information content (AvgIpc) is 2.42. The molecule has 0 aromatic heterocycles. The van der Waals surface area contributed by atoms with Crippen molar-refractivity contribution in [3.05, 3.63) is 33.9 Å². The second-order valence-corrected chi connectivity index (χ2v) is 5.28. The summed E-state index contributed by atoms with van der Waals surface area (Å²) in [5, 5.41) is 13.9. The van der Waals surface area contributed by atoms with Crippen LogP contribution in [0.3, 0.4) is 0 Å². The van der Waals surface area contributed by atoms with E-state index in [1.54, 1.807) is 19.2 Å². The third-order valence-electron chi connectivity index (χ3n) is 3.65. The molecule has 1 aromatic rings. The van der Waals surface area contributed by atoms with Gasteiger partial charge in [-0.1, -0.05) is 6.07 Å². The molecule has 6 nitrogen and oxygen atoms in total. The van der Waals surface area contributed by atoms with Crippen LogP contribution in [0.4, 0.5) is 11.4 Å². The molecule has 0 radical (unpaired) electrons. The summed E-state index contributed by atoms with van der Waals surface area (Å²) >= 11 is 0. The van der Waals surface area contributed by atoms with E-state index in [4.69, 9.17) is 4.74 Å². The minimum Gasteiger partial charge on any atom is -0.383 e. The highest BCUT2D eigenvalue weighted by molar-refractivity contribution is 5.62. The predicted octanol–water partition coefficient (Wildman–Crippen LogP) is 2.25. The van der Waals surface area contributed by atoms with Gasteiger partial charge in [-0.2, -0.15) is 0 Å². The van der Waals surface area contributed by atoms with Crippen molar-refractivity contribution in [2.75, 3.05) is 25.5 Å². The molecule has 0 bridgehead atoms. The van der Waals surface area contributed by atoms with Crippen LogP contribution < -0.4 is 5.32 Å². The lowest BCUT2D eigenvalue weighted by molar-refractivity contribution is -0.384. The molecule has 0 amide bonds. The summed E-state index contributed by atoms with van der Waals surface area (Å²) in [4.78, 5) is 13.0. The summed E-state index contributed by atoms with van der Waals surface area (Å²) in [6.45, 7) is 6.42. The third kappa shape index (κ3) is 3.26. The normalized spacial score (nSPS) is 23.6. The van der Waals surface area contributed by atoms with Crippen molar-refractivity contribution in [1.29, 1.82) is 0 Å². The van der Waals surface area contributed by atoms with Crippen LogP contribution in [0.1, 0.15) is 19.4 Å². The number of hydrogen-bond donors (Lipinski definition) is 1. The first kappa shape index (κ1) is 14.7. The van der Waals surface area contributed by atoms with Crippen molar-refractivity contribution in [3.63, 3.8) is 0 Å². The lowest BCUT2D eigenvalue weighted by Crippen LogP contribution is -2.46. The molecule has 6 heteroatoms. The quantitative estimate of drug-likeness (QED) is 0.676. The van der Waals surface area contributed by atoms with Crippen molar-refractivity contribution in [2.45, 2.75) is 32.5 Å². The zero-order valence-corrected chi connectivity index (χ0v) is 12.1. The number of hydrogen-bond acceptors (Lipinski definition) is 5. The van der Waals surface area contributed by atoms with Crippen molar-refractivity contribution in [3.8, 4) is 0 Å². The van der Waals surface area contributed by atoms with Gasteiger partial charge in [0, 0.05) is 32.2 Å². The molecular formula is C14H21N3O3. The van der Waals surface area contributed by atoms with Crippen molar-refractivity contribution >= 4 is 11.4 Å². The maximum atomic E-state index is 11.1. The van der Waals surface area contributed by atoms with E-state index in [9.17, 15) is 10.1 Å². The van der Waals surface area contributed by atoms with Gasteiger partial charge in [-0.25, -0.2) is 0 Å². The van der Waals surface area contributed by atoms with Crippen LogP contribution in [0.5, 0.6) is 0 Å². The van der Waals surface area contributed by atoms with Crippen LogP contribution >= 0.6 is 0 Å². The fourth-order valence-electron chi connectivity index (χ4n) is 2.46. The molecule has 1 aliphatic heterocycles. The SMILES string of the molecule is CNc1ccc(CN2CC(C)OCC2C)cc1[N+](=O)[O-]. The van der Waals surface area contributed by atoms with Crippen LogP contribution in [-0.4, -0.2) is 42.2 Å². The molecule has 1 fully saturated rings. The Labute approximate surface area is 118 Å². The molecule has 20 heavy (non-hydrogen) atoms. The zero-order valence-electron chi connectivity index (χ0n) is 12.1. The van der Waals surface area contributed by atoms with Gasteiger partial charge in [0.15, 0.2) is 0 Å². The number of nitro benzene ring substituents is 1. The van der Waals surface area contributed by atoms with Gasteiger partial charge in [-0.05, 0) is 25.5 Å². The fourth-order valence-corrected chi connectivity index (χ4v) is 2.46. The molecule has 1 aliphatic rings. The number of ether oxygens (including phenoxy) is 1. The van der Waals surface area contributed by atoms with Gasteiger partial charge in [0.05, 0.1) is 17.6 Å². The first-order valence-corrected chi connectivity index (χ1v) is 6.82. The predicted molar refractivity (Wildman–Crippen MR) is 77.9 cm³/mol. The highest BCUT2D eigenvalue weighted by Crippen LogP contribution is 2.26. The number of nitrogens with zero attached hydrogens (tertiary/aromatic N) is 2. The van der Waals surface area contributed by atoms with E-state index in [2.05, 4.69) is 17.1 Å². The minimum absolute atomic E-state index is 0.124. The van der Waals surface area contributed by atoms with E-state index in [1.807, 2.05) is 13.0 Å². The summed E-state index contributed by atoms with van der Waals surface area (Å²) in [6, 6.07) is 5.68. The van der Waals surface area contributed by atoms with Crippen LogP contribution in [0.2, 0.25) is 0 Å². The van der Waals surface area contributed by atoms with Crippen molar-refractivity contribution < 1.29 is 9.66 Å². The van der Waals surface area contributed by atoms with Crippen LogP contribution in [0, 0.1) is 10.1 Å². The fraction of sp³-hybridized carbons (Fsp3) is 0.571. The molecule has 1 heterocycles. The van der Waals surface area contributed by atoms with Gasteiger partial charge in [-0.15, -0.1) is 0 Å². The maximum absolute atomic E-state index is 11.1. The third-order valence-corrected chi connectivity index (χ3v) is 3.65. The first-order valence-electron chi connectivity index (χ1n) is 6.82. The average molecular weight is 279 g/mol. The second kappa shape index (κ2) is 6.19. The molecule has 2 unspecified atom stereocenters. The summed E-state index contributed by atoms with van der Waals surface area (Å²) in [5.41, 5.74) is 1.62. The van der Waals surface area contributed by atoms with Gasteiger partial charge in [0.1, 0.15) is 5.69 Å². The Hall–Kier alpha value is -1.66. The largest absolute Gasteiger partial charge is 0.383 e. The summed E-state index contributed by atoms with van der Waals surface area (Å²) in [6.07, 6.45) is 0.206. The van der Waals surface area contributed by atoms with E-state index >= 15 is 0 Å². The number of nitrogens with one attached hydrogen (secondary N) is 1. The Morgan fingerprint density at radius 3 is 2.90 bits per heavy atom. The number of anilines is 1. The van der Waals surface area contributed by atoms with Crippen LogP contribution in [0.25, 0.3) is 0 Å². The molecule has 2 rings (SSSR count). The Balaban J connectivity index is 2.16. The number of benzene rings is 1. The lowest BCUT2D eigenvalue weighted by Gasteiger charge is -2.36. The van der Waals surface area contributed by atoms with E-state index in [0.29, 0.717) is 24.9 Å². The summed E-state index contributed by atoms with van der Waals surface area (Å²) in [7, 11) is 1.69. The maximum Gasteiger partial charge on any atom is 0.292 e. The van der Waals surface area contributed by atoms with Crippen molar-refractivity contribution in [1.82, 2.24) is 4.90 Å². The number of rotatable bonds is 4. The first-order chi connectivity index (χ1) is 9.51. The number of nitro groups is 1. The van der Waals surface area contributed by atoms with Gasteiger partial charge >= 0.3 is 0 Å². The van der Waals surface area contributed by atoms with Crippen molar-refractivity contribution in [2.24, 2.45) is 0 Å². The van der Waals surface area contributed by atoms with E-state index in [1.165, 1.54) is 0 Å². The molecule has 1 N–H and O–H groups in total. The molecule has 110 valence electrons.